The fourth-order valence-corrected chi connectivity index (χ4v) is 4.48. The number of benzene rings is 4. The summed E-state index contributed by atoms with van der Waals surface area (Å²) in [5.74, 6) is 0.973. The van der Waals surface area contributed by atoms with Crippen LogP contribution >= 0.6 is 23.2 Å². The number of carbonyl (C=O) groups is 1. The van der Waals surface area contributed by atoms with Crippen LogP contribution in [0.5, 0.6) is 17.2 Å². The zero-order chi connectivity index (χ0) is 27.1. The number of ether oxygens (including phenoxy) is 3. The number of nitriles is 1. The van der Waals surface area contributed by atoms with E-state index in [4.69, 9.17) is 37.4 Å². The van der Waals surface area contributed by atoms with Gasteiger partial charge in [0.1, 0.15) is 29.7 Å². The Hall–Kier alpha value is -4.18. The number of hydrogen-bond acceptors (Lipinski definition) is 5. The van der Waals surface area contributed by atoms with Gasteiger partial charge in [-0.2, -0.15) is 5.26 Å². The molecule has 1 N–H and O–H groups in total. The van der Waals surface area contributed by atoms with Gasteiger partial charge in [-0.3, -0.25) is 4.79 Å². The second-order valence-corrected chi connectivity index (χ2v) is 9.13. The third-order valence-electron chi connectivity index (χ3n) is 5.83. The molecule has 38 heavy (non-hydrogen) atoms. The molecule has 0 aliphatic carbocycles. The van der Waals surface area contributed by atoms with E-state index >= 15 is 0 Å². The summed E-state index contributed by atoms with van der Waals surface area (Å²) >= 11 is 12.9. The van der Waals surface area contributed by atoms with E-state index in [9.17, 15) is 10.1 Å². The summed E-state index contributed by atoms with van der Waals surface area (Å²) in [4.78, 5) is 12.7. The van der Waals surface area contributed by atoms with Crippen molar-refractivity contribution in [1.29, 1.82) is 5.26 Å². The number of nitrogens with one attached hydrogen (secondary N) is 1. The molecular weight excluding hydrogens is 523 g/mol. The number of carbonyl (C=O) groups excluding carboxylic acids is 1. The number of amides is 1. The molecule has 0 radical (unpaired) electrons. The van der Waals surface area contributed by atoms with E-state index in [-0.39, 0.29) is 28.8 Å². The van der Waals surface area contributed by atoms with Crippen LogP contribution in [0.2, 0.25) is 10.0 Å². The van der Waals surface area contributed by atoms with E-state index in [1.54, 1.807) is 37.4 Å². The quantitative estimate of drug-likeness (QED) is 0.181. The van der Waals surface area contributed by atoms with Gasteiger partial charge in [-0.1, -0.05) is 59.6 Å². The third-order valence-corrected chi connectivity index (χ3v) is 6.39. The van der Waals surface area contributed by atoms with Crippen LogP contribution in [-0.4, -0.2) is 20.1 Å². The van der Waals surface area contributed by atoms with Crippen molar-refractivity contribution in [2.75, 3.05) is 14.2 Å². The van der Waals surface area contributed by atoms with E-state index in [0.717, 1.165) is 21.9 Å². The normalized spacial score (nSPS) is 11.1. The molecule has 0 aromatic heterocycles. The molecule has 4 rings (SSSR count). The highest BCUT2D eigenvalue weighted by molar-refractivity contribution is 6.37. The molecular formula is C30H24Cl2N2O4. The van der Waals surface area contributed by atoms with Crippen molar-refractivity contribution in [1.82, 2.24) is 5.32 Å². The van der Waals surface area contributed by atoms with Crippen LogP contribution in [0.4, 0.5) is 0 Å². The average molecular weight is 547 g/mol. The van der Waals surface area contributed by atoms with Crippen molar-refractivity contribution in [3.05, 3.63) is 105 Å². The molecule has 0 bridgehead atoms. The Kier molecular flexibility index (Phi) is 8.75. The van der Waals surface area contributed by atoms with Crippen LogP contribution in [0.15, 0.2) is 78.4 Å². The van der Waals surface area contributed by atoms with Gasteiger partial charge < -0.3 is 19.5 Å². The number of nitrogens with zero attached hydrogens (tertiary/aromatic N) is 1. The maximum absolute atomic E-state index is 12.7. The molecule has 0 spiro atoms. The summed E-state index contributed by atoms with van der Waals surface area (Å²) in [5.41, 5.74) is 2.09. The number of halogens is 2. The summed E-state index contributed by atoms with van der Waals surface area (Å²) in [7, 11) is 3.09. The molecule has 0 atom stereocenters. The molecule has 0 saturated carbocycles. The molecule has 0 unspecified atom stereocenters. The average Bonchev–Trinajstić information content (AvgIpc) is 2.93. The minimum Gasteiger partial charge on any atom is -0.497 e. The van der Waals surface area contributed by atoms with Gasteiger partial charge in [-0.15, -0.1) is 0 Å². The van der Waals surface area contributed by atoms with Crippen LogP contribution in [0.25, 0.3) is 16.8 Å². The lowest BCUT2D eigenvalue weighted by molar-refractivity contribution is -0.117. The van der Waals surface area contributed by atoms with Crippen molar-refractivity contribution in [3.8, 4) is 23.3 Å². The van der Waals surface area contributed by atoms with Gasteiger partial charge in [0, 0.05) is 18.2 Å². The number of hydrogen-bond donors (Lipinski definition) is 1. The first-order valence-electron chi connectivity index (χ1n) is 11.6. The van der Waals surface area contributed by atoms with E-state index in [2.05, 4.69) is 5.32 Å². The Morgan fingerprint density at radius 3 is 2.37 bits per heavy atom. The minimum absolute atomic E-state index is 0.102. The standard InChI is InChI=1S/C30H24Cl2N2O4/c1-36-25-10-9-23(28(15-25)37-2)17-34-30(35)24(16-33)12-20-13-26(31)29(27(32)14-20)38-18-19-7-8-21-5-3-4-6-22(21)11-19/h3-15H,17-18H2,1-2H3,(H,34,35)/b24-12+. The summed E-state index contributed by atoms with van der Waals surface area (Å²) in [6.45, 7) is 0.439. The van der Waals surface area contributed by atoms with Crippen LogP contribution < -0.4 is 19.5 Å². The summed E-state index contributed by atoms with van der Waals surface area (Å²) in [5, 5.41) is 15.1. The lowest BCUT2D eigenvalue weighted by Gasteiger charge is -2.12. The Bertz CT molecular complexity index is 1540. The fourth-order valence-electron chi connectivity index (χ4n) is 3.87. The Morgan fingerprint density at radius 2 is 1.68 bits per heavy atom. The third kappa shape index (κ3) is 6.38. The minimum atomic E-state index is -0.547. The molecule has 0 saturated heterocycles. The first-order valence-corrected chi connectivity index (χ1v) is 12.4. The number of rotatable bonds is 9. The van der Waals surface area contributed by atoms with Crippen molar-refractivity contribution in [2.24, 2.45) is 0 Å². The molecule has 4 aromatic carbocycles. The number of methoxy groups -OCH3 is 2. The van der Waals surface area contributed by atoms with Crippen molar-refractivity contribution in [2.45, 2.75) is 13.2 Å². The van der Waals surface area contributed by atoms with Crippen molar-refractivity contribution >= 4 is 46.0 Å². The highest BCUT2D eigenvalue weighted by atomic mass is 35.5. The molecule has 0 aliphatic heterocycles. The first kappa shape index (κ1) is 26.9. The summed E-state index contributed by atoms with van der Waals surface area (Å²) in [6, 6.07) is 24.5. The smallest absolute Gasteiger partial charge is 0.262 e. The lowest BCUT2D eigenvalue weighted by atomic mass is 10.1. The predicted molar refractivity (Wildman–Crippen MR) is 150 cm³/mol. The van der Waals surface area contributed by atoms with Crippen LogP contribution in [0, 0.1) is 11.3 Å². The monoisotopic (exact) mass is 546 g/mol. The number of fused-ring (bicyclic) bond motifs is 1. The van der Waals surface area contributed by atoms with Gasteiger partial charge in [0.2, 0.25) is 0 Å². The van der Waals surface area contributed by atoms with Crippen molar-refractivity contribution < 1.29 is 19.0 Å². The van der Waals surface area contributed by atoms with E-state index < -0.39 is 5.91 Å². The zero-order valence-electron chi connectivity index (χ0n) is 20.8. The molecule has 0 heterocycles. The molecule has 6 nitrogen and oxygen atoms in total. The lowest BCUT2D eigenvalue weighted by Crippen LogP contribution is -2.24. The zero-order valence-corrected chi connectivity index (χ0v) is 22.3. The van der Waals surface area contributed by atoms with Crippen molar-refractivity contribution in [3.63, 3.8) is 0 Å². The molecule has 192 valence electrons. The highest BCUT2D eigenvalue weighted by Gasteiger charge is 2.14. The fraction of sp³-hybridized carbons (Fsp3) is 0.133. The van der Waals surface area contributed by atoms with Gasteiger partial charge in [0.05, 0.1) is 24.3 Å². The molecule has 4 aromatic rings. The Morgan fingerprint density at radius 1 is 0.947 bits per heavy atom. The van der Waals surface area contributed by atoms with E-state index in [0.29, 0.717) is 22.8 Å². The maximum Gasteiger partial charge on any atom is 0.262 e. The topological polar surface area (TPSA) is 80.6 Å². The second-order valence-electron chi connectivity index (χ2n) is 8.31. The Balaban J connectivity index is 1.45. The van der Waals surface area contributed by atoms with Gasteiger partial charge in [-0.05, 0) is 58.3 Å². The molecule has 0 fully saturated rings. The van der Waals surface area contributed by atoms with Crippen LogP contribution in [0.1, 0.15) is 16.7 Å². The second kappa shape index (κ2) is 12.4. The van der Waals surface area contributed by atoms with Gasteiger partial charge in [-0.25, -0.2) is 0 Å². The van der Waals surface area contributed by atoms with Gasteiger partial charge in [0.15, 0.2) is 5.75 Å². The predicted octanol–water partition coefficient (Wildman–Crippen LogP) is 6.97. The van der Waals surface area contributed by atoms with E-state index in [1.165, 1.54) is 13.2 Å². The molecule has 1 amide bonds. The van der Waals surface area contributed by atoms with Crippen LogP contribution in [0.3, 0.4) is 0 Å². The Labute approximate surface area is 231 Å². The molecule has 0 aliphatic rings. The first-order chi connectivity index (χ1) is 18.4. The van der Waals surface area contributed by atoms with Crippen LogP contribution in [-0.2, 0) is 17.9 Å². The van der Waals surface area contributed by atoms with Gasteiger partial charge >= 0.3 is 0 Å². The SMILES string of the molecule is COc1ccc(CNC(=O)/C(C#N)=C/c2cc(Cl)c(OCc3ccc4ccccc4c3)c(Cl)c2)c(OC)c1. The maximum atomic E-state index is 12.7. The van der Waals surface area contributed by atoms with Gasteiger partial charge in [0.25, 0.3) is 5.91 Å². The molecule has 8 heteroatoms. The summed E-state index contributed by atoms with van der Waals surface area (Å²) < 4.78 is 16.5. The summed E-state index contributed by atoms with van der Waals surface area (Å²) in [6.07, 6.45) is 1.42. The van der Waals surface area contributed by atoms with E-state index in [1.807, 2.05) is 48.5 Å². The highest BCUT2D eigenvalue weighted by Crippen LogP contribution is 2.35. The largest absolute Gasteiger partial charge is 0.497 e.